The molecule has 0 atom stereocenters. The number of nitriles is 1. The molecule has 0 unspecified atom stereocenters. The molecule has 2 heterocycles. The zero-order valence-electron chi connectivity index (χ0n) is 17.2. The van der Waals surface area contributed by atoms with Crippen molar-refractivity contribution in [3.05, 3.63) is 77.0 Å². The lowest BCUT2D eigenvalue weighted by atomic mass is 9.98. The number of aromatic nitrogens is 1. The van der Waals surface area contributed by atoms with Gasteiger partial charge in [-0.05, 0) is 53.4 Å². The van der Waals surface area contributed by atoms with E-state index in [0.29, 0.717) is 31.6 Å². The van der Waals surface area contributed by atoms with E-state index in [1.165, 1.54) is 10.6 Å². The molecule has 3 aromatic rings. The number of fused-ring (bicyclic) bond motifs is 1. The van der Waals surface area contributed by atoms with Crippen molar-refractivity contribution in [1.29, 1.82) is 5.26 Å². The minimum atomic E-state index is -3.22. The minimum Gasteiger partial charge on any atom is -0.355 e. The van der Waals surface area contributed by atoms with Gasteiger partial charge in [-0.2, -0.15) is 9.57 Å². The molecule has 4 rings (SSSR count). The highest BCUT2D eigenvalue weighted by Crippen LogP contribution is 2.32. The molecule has 31 heavy (non-hydrogen) atoms. The van der Waals surface area contributed by atoms with Gasteiger partial charge in [0.2, 0.25) is 10.0 Å². The number of sulfonamides is 1. The molecule has 0 saturated carbocycles. The van der Waals surface area contributed by atoms with Crippen molar-refractivity contribution >= 4 is 21.4 Å². The summed E-state index contributed by atoms with van der Waals surface area (Å²) < 4.78 is 25.3. The molecule has 1 aromatic heterocycles. The molecule has 0 fully saturated rings. The van der Waals surface area contributed by atoms with Crippen LogP contribution in [0.15, 0.2) is 54.7 Å². The quantitative estimate of drug-likeness (QED) is 0.639. The van der Waals surface area contributed by atoms with Crippen LogP contribution in [0.5, 0.6) is 0 Å². The van der Waals surface area contributed by atoms with Gasteiger partial charge in [-0.25, -0.2) is 8.42 Å². The van der Waals surface area contributed by atoms with Crippen molar-refractivity contribution in [3.63, 3.8) is 0 Å². The fraction of sp³-hybridized carbons (Fsp3) is 0.217. The maximum Gasteiger partial charge on any atom is 0.211 e. The van der Waals surface area contributed by atoms with Gasteiger partial charge in [0.25, 0.3) is 0 Å². The van der Waals surface area contributed by atoms with Crippen LogP contribution in [-0.2, 0) is 29.5 Å². The van der Waals surface area contributed by atoms with E-state index in [-0.39, 0.29) is 0 Å². The van der Waals surface area contributed by atoms with Crippen molar-refractivity contribution in [2.24, 2.45) is 5.73 Å². The Morgan fingerprint density at radius 1 is 1.23 bits per heavy atom. The first kappa shape index (κ1) is 21.0. The summed E-state index contributed by atoms with van der Waals surface area (Å²) in [4.78, 5) is 4.41. The normalized spacial score (nSPS) is 14.0. The Morgan fingerprint density at radius 3 is 2.74 bits per heavy atom. The van der Waals surface area contributed by atoms with Crippen LogP contribution in [0.1, 0.15) is 22.3 Å². The van der Waals surface area contributed by atoms with Crippen LogP contribution in [0.4, 0.5) is 11.4 Å². The second-order valence-electron chi connectivity index (χ2n) is 7.53. The Bertz CT molecular complexity index is 1260. The third-order valence-corrected chi connectivity index (χ3v) is 6.73. The van der Waals surface area contributed by atoms with Crippen molar-refractivity contribution < 1.29 is 8.42 Å². The number of pyridine rings is 1. The SMILES string of the molecule is CS(=O)(=O)N1CCc2c(cccc2Nc2ccc(CN)c(-c3ccc(C#N)cn3)c2)C1. The van der Waals surface area contributed by atoms with Crippen molar-refractivity contribution in [1.82, 2.24) is 9.29 Å². The Balaban J connectivity index is 1.66. The number of nitrogens with two attached hydrogens (primary N) is 1. The molecular formula is C23H23N5O2S. The molecule has 1 aliphatic heterocycles. The number of nitrogens with zero attached hydrogens (tertiary/aromatic N) is 3. The number of hydrogen-bond donors (Lipinski definition) is 2. The molecule has 2 aromatic carbocycles. The van der Waals surface area contributed by atoms with E-state index in [1.54, 1.807) is 12.3 Å². The van der Waals surface area contributed by atoms with E-state index in [1.807, 2.05) is 42.5 Å². The van der Waals surface area contributed by atoms with Crippen LogP contribution >= 0.6 is 0 Å². The molecule has 0 amide bonds. The number of benzene rings is 2. The van der Waals surface area contributed by atoms with Gasteiger partial charge in [0.05, 0.1) is 17.5 Å². The Morgan fingerprint density at radius 2 is 2.06 bits per heavy atom. The van der Waals surface area contributed by atoms with Crippen LogP contribution in [0.3, 0.4) is 0 Å². The number of nitrogens with one attached hydrogen (secondary N) is 1. The molecule has 8 heteroatoms. The summed E-state index contributed by atoms with van der Waals surface area (Å²) in [5.74, 6) is 0. The summed E-state index contributed by atoms with van der Waals surface area (Å²) in [6.45, 7) is 1.23. The van der Waals surface area contributed by atoms with Crippen LogP contribution < -0.4 is 11.1 Å². The van der Waals surface area contributed by atoms with E-state index in [0.717, 1.165) is 39.3 Å². The highest BCUT2D eigenvalue weighted by molar-refractivity contribution is 7.88. The van der Waals surface area contributed by atoms with E-state index in [9.17, 15) is 8.42 Å². The lowest BCUT2D eigenvalue weighted by Crippen LogP contribution is -2.35. The molecule has 0 spiro atoms. The van der Waals surface area contributed by atoms with Crippen LogP contribution in [-0.4, -0.2) is 30.5 Å². The summed E-state index contributed by atoms with van der Waals surface area (Å²) in [5, 5.41) is 12.5. The molecule has 0 radical (unpaired) electrons. The summed E-state index contributed by atoms with van der Waals surface area (Å²) in [6.07, 6.45) is 3.45. The molecule has 1 aliphatic rings. The third kappa shape index (κ3) is 4.44. The van der Waals surface area contributed by atoms with Gasteiger partial charge in [0, 0.05) is 42.8 Å². The Kier molecular flexibility index (Phi) is 5.74. The molecule has 3 N–H and O–H groups in total. The second-order valence-corrected chi connectivity index (χ2v) is 9.52. The first-order valence-electron chi connectivity index (χ1n) is 9.91. The monoisotopic (exact) mass is 433 g/mol. The minimum absolute atomic E-state index is 0.374. The highest BCUT2D eigenvalue weighted by atomic mass is 32.2. The lowest BCUT2D eigenvalue weighted by molar-refractivity contribution is 0.395. The van der Waals surface area contributed by atoms with Gasteiger partial charge >= 0.3 is 0 Å². The van der Waals surface area contributed by atoms with Crippen molar-refractivity contribution in [2.45, 2.75) is 19.5 Å². The van der Waals surface area contributed by atoms with E-state index >= 15 is 0 Å². The summed E-state index contributed by atoms with van der Waals surface area (Å²) in [6, 6.07) is 17.5. The molecule has 0 aliphatic carbocycles. The number of hydrogen-bond acceptors (Lipinski definition) is 6. The standard InChI is InChI=1S/C23H23N5O2S/c1-31(29,30)28-10-9-20-18(15-28)3-2-4-23(20)27-19-7-6-17(13-25)21(11-19)22-8-5-16(12-24)14-26-22/h2-8,11,14,27H,9-10,13,15,25H2,1H3. The van der Waals surface area contributed by atoms with E-state index in [4.69, 9.17) is 11.0 Å². The predicted molar refractivity (Wildman–Crippen MR) is 121 cm³/mol. The fourth-order valence-electron chi connectivity index (χ4n) is 3.83. The first-order valence-corrected chi connectivity index (χ1v) is 11.8. The average Bonchev–Trinajstić information content (AvgIpc) is 2.78. The predicted octanol–water partition coefficient (Wildman–Crippen LogP) is 3.14. The van der Waals surface area contributed by atoms with Crippen LogP contribution in [0, 0.1) is 11.3 Å². The molecule has 0 saturated heterocycles. The van der Waals surface area contributed by atoms with E-state index < -0.39 is 10.0 Å². The maximum atomic E-state index is 11.9. The molecular weight excluding hydrogens is 410 g/mol. The first-order chi connectivity index (χ1) is 14.9. The summed E-state index contributed by atoms with van der Waals surface area (Å²) in [5.41, 5.74) is 13.0. The molecule has 0 bridgehead atoms. The van der Waals surface area contributed by atoms with Gasteiger partial charge in [-0.15, -0.1) is 0 Å². The second kappa shape index (κ2) is 8.47. The van der Waals surface area contributed by atoms with Crippen molar-refractivity contribution in [2.75, 3.05) is 18.1 Å². The fourth-order valence-corrected chi connectivity index (χ4v) is 4.63. The van der Waals surface area contributed by atoms with Gasteiger partial charge in [0.15, 0.2) is 0 Å². The lowest BCUT2D eigenvalue weighted by Gasteiger charge is -2.28. The van der Waals surface area contributed by atoms with E-state index in [2.05, 4.69) is 16.4 Å². The average molecular weight is 434 g/mol. The van der Waals surface area contributed by atoms with Crippen LogP contribution in [0.25, 0.3) is 11.3 Å². The van der Waals surface area contributed by atoms with Gasteiger partial charge in [-0.1, -0.05) is 18.2 Å². The zero-order valence-corrected chi connectivity index (χ0v) is 18.0. The Labute approximate surface area is 182 Å². The van der Waals surface area contributed by atoms with Crippen molar-refractivity contribution in [3.8, 4) is 17.3 Å². The van der Waals surface area contributed by atoms with Crippen LogP contribution in [0.2, 0.25) is 0 Å². The Hall–Kier alpha value is -3.25. The number of anilines is 2. The maximum absolute atomic E-state index is 11.9. The largest absolute Gasteiger partial charge is 0.355 e. The van der Waals surface area contributed by atoms with Gasteiger partial charge < -0.3 is 11.1 Å². The zero-order chi connectivity index (χ0) is 22.0. The topological polar surface area (TPSA) is 112 Å². The highest BCUT2D eigenvalue weighted by Gasteiger charge is 2.24. The van der Waals surface area contributed by atoms with Gasteiger partial charge in [-0.3, -0.25) is 4.98 Å². The molecule has 158 valence electrons. The summed E-state index contributed by atoms with van der Waals surface area (Å²) in [7, 11) is -3.22. The number of rotatable bonds is 5. The smallest absolute Gasteiger partial charge is 0.211 e. The summed E-state index contributed by atoms with van der Waals surface area (Å²) >= 11 is 0. The van der Waals surface area contributed by atoms with Gasteiger partial charge in [0.1, 0.15) is 6.07 Å². The molecule has 7 nitrogen and oxygen atoms in total. The third-order valence-electron chi connectivity index (χ3n) is 5.48.